The van der Waals surface area contributed by atoms with E-state index in [1.165, 1.54) is 19.3 Å². The van der Waals surface area contributed by atoms with Crippen molar-refractivity contribution < 1.29 is 4.42 Å². The first kappa shape index (κ1) is 19.1. The van der Waals surface area contributed by atoms with Gasteiger partial charge in [-0.2, -0.15) is 0 Å². The van der Waals surface area contributed by atoms with E-state index in [-0.39, 0.29) is 5.56 Å². The van der Waals surface area contributed by atoms with Crippen molar-refractivity contribution in [2.24, 2.45) is 0 Å². The fourth-order valence-corrected chi connectivity index (χ4v) is 4.99. The second kappa shape index (κ2) is 8.10. The number of furan rings is 1. The first-order chi connectivity index (χ1) is 14.7. The molecule has 4 aromatic heterocycles. The van der Waals surface area contributed by atoms with Gasteiger partial charge in [-0.25, -0.2) is 4.98 Å². The zero-order valence-corrected chi connectivity index (χ0v) is 17.6. The molecule has 4 heterocycles. The lowest BCUT2D eigenvalue weighted by Crippen LogP contribution is -2.16. The van der Waals surface area contributed by atoms with Crippen molar-refractivity contribution in [2.75, 3.05) is 0 Å². The molecule has 0 spiro atoms. The molecule has 4 aromatic rings. The van der Waals surface area contributed by atoms with Crippen molar-refractivity contribution in [2.45, 2.75) is 56.0 Å². The van der Waals surface area contributed by atoms with E-state index in [1.807, 2.05) is 37.4 Å². The standard InChI is InChI=1S/C22H23N5O2S/c1-15-9-10-19-23-16(12-20(28)26(19)13-15)14-30-22-25-24-21(18-8-5-11-29-18)27(22)17-6-3-2-4-7-17/h5,8-13,17H,2-4,6-7,14H2,1H3. The van der Waals surface area contributed by atoms with Gasteiger partial charge in [0.15, 0.2) is 10.9 Å². The Labute approximate surface area is 178 Å². The Morgan fingerprint density at radius 1 is 1.17 bits per heavy atom. The van der Waals surface area contributed by atoms with E-state index < -0.39 is 0 Å². The smallest absolute Gasteiger partial charge is 0.258 e. The number of aryl methyl sites for hydroxylation is 1. The minimum atomic E-state index is -0.0654. The Balaban J connectivity index is 1.45. The molecule has 0 amide bonds. The number of aromatic nitrogens is 5. The van der Waals surface area contributed by atoms with Crippen LogP contribution in [0.15, 0.2) is 57.2 Å². The van der Waals surface area contributed by atoms with Crippen LogP contribution in [0.2, 0.25) is 0 Å². The summed E-state index contributed by atoms with van der Waals surface area (Å²) in [5, 5.41) is 9.75. The quantitative estimate of drug-likeness (QED) is 0.437. The van der Waals surface area contributed by atoms with E-state index in [0.717, 1.165) is 40.8 Å². The largest absolute Gasteiger partial charge is 0.461 e. The summed E-state index contributed by atoms with van der Waals surface area (Å²) in [6, 6.07) is 9.61. The summed E-state index contributed by atoms with van der Waals surface area (Å²) >= 11 is 1.57. The first-order valence-electron chi connectivity index (χ1n) is 10.3. The summed E-state index contributed by atoms with van der Waals surface area (Å²) in [6.45, 7) is 1.96. The van der Waals surface area contributed by atoms with Crippen molar-refractivity contribution >= 4 is 17.4 Å². The molecule has 0 aromatic carbocycles. The summed E-state index contributed by atoms with van der Waals surface area (Å²) < 4.78 is 9.42. The highest BCUT2D eigenvalue weighted by Crippen LogP contribution is 2.36. The predicted molar refractivity (Wildman–Crippen MR) is 116 cm³/mol. The van der Waals surface area contributed by atoms with E-state index >= 15 is 0 Å². The van der Waals surface area contributed by atoms with Gasteiger partial charge in [0.25, 0.3) is 5.56 Å². The fourth-order valence-electron chi connectivity index (χ4n) is 4.09. The van der Waals surface area contributed by atoms with E-state index in [1.54, 1.807) is 28.5 Å². The number of hydrogen-bond acceptors (Lipinski definition) is 6. The van der Waals surface area contributed by atoms with E-state index in [9.17, 15) is 4.79 Å². The van der Waals surface area contributed by atoms with Gasteiger partial charge >= 0.3 is 0 Å². The molecule has 0 unspecified atom stereocenters. The molecule has 1 saturated carbocycles. The Kier molecular flexibility index (Phi) is 5.16. The maximum atomic E-state index is 12.5. The highest BCUT2D eigenvalue weighted by atomic mass is 32.2. The molecule has 8 heteroatoms. The van der Waals surface area contributed by atoms with Crippen molar-refractivity contribution in [3.63, 3.8) is 0 Å². The van der Waals surface area contributed by atoms with Gasteiger partial charge < -0.3 is 4.42 Å². The van der Waals surface area contributed by atoms with Crippen molar-refractivity contribution in [3.8, 4) is 11.6 Å². The lowest BCUT2D eigenvalue weighted by molar-refractivity contribution is 0.337. The predicted octanol–water partition coefficient (Wildman–Crippen LogP) is 4.65. The van der Waals surface area contributed by atoms with Crippen molar-refractivity contribution in [1.29, 1.82) is 0 Å². The molecule has 0 aliphatic heterocycles. The molecule has 7 nitrogen and oxygen atoms in total. The van der Waals surface area contributed by atoms with Gasteiger partial charge in [-0.05, 0) is 43.5 Å². The second-order valence-corrected chi connectivity index (χ2v) is 8.70. The summed E-state index contributed by atoms with van der Waals surface area (Å²) in [4.78, 5) is 17.2. The number of fused-ring (bicyclic) bond motifs is 1. The van der Waals surface area contributed by atoms with Gasteiger partial charge in [-0.3, -0.25) is 13.8 Å². The molecule has 1 aliphatic carbocycles. The van der Waals surface area contributed by atoms with Gasteiger partial charge in [0, 0.05) is 24.1 Å². The molecular formula is C22H23N5O2S. The van der Waals surface area contributed by atoms with E-state index in [0.29, 0.717) is 17.4 Å². The highest BCUT2D eigenvalue weighted by Gasteiger charge is 2.25. The molecule has 0 atom stereocenters. The number of pyridine rings is 1. The van der Waals surface area contributed by atoms with Gasteiger partial charge in [-0.15, -0.1) is 10.2 Å². The van der Waals surface area contributed by atoms with Crippen LogP contribution in [0.3, 0.4) is 0 Å². The summed E-state index contributed by atoms with van der Waals surface area (Å²) in [5.41, 5.74) is 2.37. The number of hydrogen-bond donors (Lipinski definition) is 0. The fraction of sp³-hybridized carbons (Fsp3) is 0.364. The Morgan fingerprint density at radius 3 is 2.83 bits per heavy atom. The monoisotopic (exact) mass is 421 g/mol. The van der Waals surface area contributed by atoms with Crippen LogP contribution in [0.1, 0.15) is 49.4 Å². The van der Waals surface area contributed by atoms with Crippen LogP contribution < -0.4 is 5.56 Å². The molecule has 1 aliphatic rings. The lowest BCUT2D eigenvalue weighted by atomic mass is 9.95. The van der Waals surface area contributed by atoms with Crippen LogP contribution in [0.4, 0.5) is 0 Å². The van der Waals surface area contributed by atoms with Crippen LogP contribution in [0.5, 0.6) is 0 Å². The number of nitrogens with zero attached hydrogens (tertiary/aromatic N) is 5. The molecule has 0 radical (unpaired) electrons. The minimum absolute atomic E-state index is 0.0654. The summed E-state index contributed by atoms with van der Waals surface area (Å²) in [6.07, 6.45) is 9.43. The Morgan fingerprint density at radius 2 is 2.03 bits per heavy atom. The highest BCUT2D eigenvalue weighted by molar-refractivity contribution is 7.98. The van der Waals surface area contributed by atoms with Gasteiger partial charge in [0.05, 0.1) is 12.0 Å². The van der Waals surface area contributed by atoms with Gasteiger partial charge in [0.2, 0.25) is 5.82 Å². The molecule has 5 rings (SSSR count). The van der Waals surface area contributed by atoms with Crippen LogP contribution >= 0.6 is 11.8 Å². The Bertz CT molecular complexity index is 1220. The van der Waals surface area contributed by atoms with E-state index in [4.69, 9.17) is 4.42 Å². The molecule has 154 valence electrons. The topological polar surface area (TPSA) is 78.2 Å². The maximum absolute atomic E-state index is 12.5. The average molecular weight is 422 g/mol. The minimum Gasteiger partial charge on any atom is -0.461 e. The Hall–Kier alpha value is -2.87. The second-order valence-electron chi connectivity index (χ2n) is 7.75. The lowest BCUT2D eigenvalue weighted by Gasteiger charge is -2.25. The third-order valence-electron chi connectivity index (χ3n) is 5.56. The molecule has 30 heavy (non-hydrogen) atoms. The van der Waals surface area contributed by atoms with Gasteiger partial charge in [-0.1, -0.05) is 37.1 Å². The van der Waals surface area contributed by atoms with Crippen molar-refractivity contribution in [3.05, 3.63) is 64.4 Å². The molecular weight excluding hydrogens is 398 g/mol. The molecule has 0 N–H and O–H groups in total. The van der Waals surface area contributed by atoms with Crippen LogP contribution in [0.25, 0.3) is 17.2 Å². The number of thioether (sulfide) groups is 1. The maximum Gasteiger partial charge on any atom is 0.258 e. The third-order valence-corrected chi connectivity index (χ3v) is 6.53. The van der Waals surface area contributed by atoms with Crippen LogP contribution in [0, 0.1) is 6.92 Å². The average Bonchev–Trinajstić information content (AvgIpc) is 3.43. The molecule has 0 bridgehead atoms. The summed E-state index contributed by atoms with van der Waals surface area (Å²) in [7, 11) is 0. The molecule has 0 saturated heterocycles. The number of rotatable bonds is 5. The third kappa shape index (κ3) is 3.67. The van der Waals surface area contributed by atoms with E-state index in [2.05, 4.69) is 19.7 Å². The van der Waals surface area contributed by atoms with Crippen LogP contribution in [-0.4, -0.2) is 24.1 Å². The zero-order valence-electron chi connectivity index (χ0n) is 16.8. The molecule has 1 fully saturated rings. The van der Waals surface area contributed by atoms with Gasteiger partial charge in [0.1, 0.15) is 5.65 Å². The SMILES string of the molecule is Cc1ccc2nc(CSc3nnc(-c4ccco4)n3C3CCCCC3)cc(=O)n2c1. The van der Waals surface area contributed by atoms with Crippen LogP contribution in [-0.2, 0) is 5.75 Å². The zero-order chi connectivity index (χ0) is 20.5. The summed E-state index contributed by atoms with van der Waals surface area (Å²) in [5.74, 6) is 2.07. The normalized spacial score (nSPS) is 15.1. The first-order valence-corrected chi connectivity index (χ1v) is 11.3. The van der Waals surface area contributed by atoms with Crippen molar-refractivity contribution in [1.82, 2.24) is 24.1 Å².